The molecule has 1 heterocycles. The Kier molecular flexibility index (Phi) is 12.7. The molecule has 1 fully saturated rings. The predicted octanol–water partition coefficient (Wildman–Crippen LogP) is 3.84. The van der Waals surface area contributed by atoms with Gasteiger partial charge < -0.3 is 15.0 Å². The van der Waals surface area contributed by atoms with Crippen molar-refractivity contribution >= 4 is 29.9 Å². The number of halogens is 1. The summed E-state index contributed by atoms with van der Waals surface area (Å²) in [6.45, 7) is 16.3. The van der Waals surface area contributed by atoms with Gasteiger partial charge in [-0.3, -0.25) is 9.89 Å². The Bertz CT molecular complexity index is 553. The Morgan fingerprint density at radius 3 is 2.68 bits per heavy atom. The van der Waals surface area contributed by atoms with E-state index in [-0.39, 0.29) is 24.0 Å². The van der Waals surface area contributed by atoms with E-state index in [2.05, 4.69) is 67.1 Å². The molecule has 1 N–H and O–H groups in total. The summed E-state index contributed by atoms with van der Waals surface area (Å²) in [6, 6.07) is 11.0. The maximum Gasteiger partial charge on any atom is 0.193 e. The van der Waals surface area contributed by atoms with Crippen molar-refractivity contribution in [3.05, 3.63) is 35.9 Å². The molecule has 0 bridgehead atoms. The molecule has 0 radical (unpaired) electrons. The van der Waals surface area contributed by atoms with Gasteiger partial charge in [0.25, 0.3) is 0 Å². The van der Waals surface area contributed by atoms with Crippen molar-refractivity contribution in [2.75, 3.05) is 45.9 Å². The van der Waals surface area contributed by atoms with Gasteiger partial charge in [-0.25, -0.2) is 0 Å². The molecule has 1 atom stereocenters. The lowest BCUT2D eigenvalue weighted by molar-refractivity contribution is 0.0906. The first-order valence-corrected chi connectivity index (χ1v) is 10.5. The highest BCUT2D eigenvalue weighted by Crippen LogP contribution is 2.17. The van der Waals surface area contributed by atoms with Gasteiger partial charge in [0.2, 0.25) is 0 Å². The number of hydrogen-bond acceptors (Lipinski definition) is 3. The lowest BCUT2D eigenvalue weighted by Crippen LogP contribution is -2.41. The molecule has 1 unspecified atom stereocenters. The minimum Gasteiger partial charge on any atom is -0.376 e. The van der Waals surface area contributed by atoms with E-state index >= 15 is 0 Å². The largest absolute Gasteiger partial charge is 0.376 e. The summed E-state index contributed by atoms with van der Waals surface area (Å²) in [5.74, 6) is 1.64. The number of benzene rings is 1. The number of aliphatic imine (C=N–C) groups is 1. The Hall–Kier alpha value is -0.860. The molecule has 0 amide bonds. The maximum atomic E-state index is 5.95. The molecule has 1 aliphatic rings. The van der Waals surface area contributed by atoms with Crippen LogP contribution in [0.1, 0.15) is 39.7 Å². The monoisotopic (exact) mass is 502 g/mol. The quantitative estimate of drug-likeness (QED) is 0.300. The number of ether oxygens (including phenoxy) is 1. The van der Waals surface area contributed by atoms with Crippen LogP contribution in [-0.2, 0) is 11.3 Å². The molecule has 28 heavy (non-hydrogen) atoms. The second-order valence-corrected chi connectivity index (χ2v) is 7.56. The van der Waals surface area contributed by atoms with E-state index in [0.717, 1.165) is 51.8 Å². The van der Waals surface area contributed by atoms with Gasteiger partial charge in [-0.15, -0.1) is 24.0 Å². The van der Waals surface area contributed by atoms with Gasteiger partial charge in [-0.1, -0.05) is 37.3 Å². The fourth-order valence-corrected chi connectivity index (χ4v) is 3.57. The van der Waals surface area contributed by atoms with Crippen molar-refractivity contribution in [3.8, 4) is 0 Å². The van der Waals surface area contributed by atoms with Crippen LogP contribution in [0.3, 0.4) is 0 Å². The molecule has 0 saturated carbocycles. The summed E-state index contributed by atoms with van der Waals surface area (Å²) in [5, 5.41) is 3.46. The molecule has 1 aromatic carbocycles. The summed E-state index contributed by atoms with van der Waals surface area (Å²) < 4.78 is 5.95. The van der Waals surface area contributed by atoms with Gasteiger partial charge in [-0.2, -0.15) is 0 Å². The van der Waals surface area contributed by atoms with Gasteiger partial charge in [0, 0.05) is 38.1 Å². The molecule has 0 aliphatic carbocycles. The van der Waals surface area contributed by atoms with E-state index < -0.39 is 0 Å². The second kappa shape index (κ2) is 14.2. The van der Waals surface area contributed by atoms with Crippen LogP contribution < -0.4 is 5.32 Å². The molecule has 2 rings (SSSR count). The zero-order valence-electron chi connectivity index (χ0n) is 18.1. The van der Waals surface area contributed by atoms with Crippen LogP contribution in [0.25, 0.3) is 0 Å². The average molecular weight is 502 g/mol. The van der Waals surface area contributed by atoms with Crippen LogP contribution in [0, 0.1) is 5.92 Å². The van der Waals surface area contributed by atoms with Crippen molar-refractivity contribution < 1.29 is 4.74 Å². The topological polar surface area (TPSA) is 40.1 Å². The number of guanidine groups is 1. The fraction of sp³-hybridized carbons (Fsp3) is 0.682. The molecule has 1 aromatic rings. The number of likely N-dealkylation sites (tertiary alicyclic amines) is 1. The molecular formula is C22H39IN4O. The van der Waals surface area contributed by atoms with E-state index in [1.807, 2.05) is 6.07 Å². The number of likely N-dealkylation sites (N-methyl/N-ethyl adjacent to an activating group) is 1. The number of nitrogens with one attached hydrogen (secondary N) is 1. The number of hydrogen-bond donors (Lipinski definition) is 1. The normalized spacial score (nSPS) is 17.3. The SMILES string of the molecule is CCNC(=NCCN(CC)C(C)C)N1CCC(COCc2ccccc2)C1.I. The first kappa shape index (κ1) is 25.2. The van der Waals surface area contributed by atoms with Crippen molar-refractivity contribution in [2.45, 2.75) is 46.8 Å². The summed E-state index contributed by atoms with van der Waals surface area (Å²) >= 11 is 0. The first-order valence-electron chi connectivity index (χ1n) is 10.5. The molecule has 1 saturated heterocycles. The standard InChI is InChI=1S/C22H38N4O.HI/c1-5-23-22(24-13-15-25(6-2)19(3)4)26-14-12-21(16-26)18-27-17-20-10-8-7-9-11-20;/h7-11,19,21H,5-6,12-18H2,1-4H3,(H,23,24);1H. The van der Waals surface area contributed by atoms with E-state index in [1.54, 1.807) is 0 Å². The third-order valence-corrected chi connectivity index (χ3v) is 5.17. The second-order valence-electron chi connectivity index (χ2n) is 7.56. The van der Waals surface area contributed by atoms with Crippen molar-refractivity contribution in [3.63, 3.8) is 0 Å². The lowest BCUT2D eigenvalue weighted by atomic mass is 10.1. The molecule has 6 heteroatoms. The van der Waals surface area contributed by atoms with Gasteiger partial charge in [-0.05, 0) is 39.3 Å². The maximum absolute atomic E-state index is 5.95. The van der Waals surface area contributed by atoms with Crippen LogP contribution in [0.4, 0.5) is 0 Å². The molecule has 1 aliphatic heterocycles. The van der Waals surface area contributed by atoms with E-state index in [0.29, 0.717) is 18.6 Å². The van der Waals surface area contributed by atoms with Gasteiger partial charge >= 0.3 is 0 Å². The number of nitrogens with zero attached hydrogens (tertiary/aromatic N) is 3. The molecule has 160 valence electrons. The lowest BCUT2D eigenvalue weighted by Gasteiger charge is -2.25. The molecule has 0 spiro atoms. The van der Waals surface area contributed by atoms with Crippen LogP contribution in [0.2, 0.25) is 0 Å². The van der Waals surface area contributed by atoms with E-state index in [4.69, 9.17) is 9.73 Å². The highest BCUT2D eigenvalue weighted by molar-refractivity contribution is 14.0. The third kappa shape index (κ3) is 8.66. The van der Waals surface area contributed by atoms with Crippen molar-refractivity contribution in [1.82, 2.24) is 15.1 Å². The summed E-state index contributed by atoms with van der Waals surface area (Å²) in [6.07, 6.45) is 1.17. The smallest absolute Gasteiger partial charge is 0.193 e. The van der Waals surface area contributed by atoms with Crippen LogP contribution in [-0.4, -0.2) is 67.7 Å². The minimum absolute atomic E-state index is 0. The first-order chi connectivity index (χ1) is 13.1. The Balaban J connectivity index is 0.00000392. The molecular weight excluding hydrogens is 463 g/mol. The van der Waals surface area contributed by atoms with Crippen molar-refractivity contribution in [1.29, 1.82) is 0 Å². The van der Waals surface area contributed by atoms with E-state index in [1.165, 1.54) is 12.0 Å². The van der Waals surface area contributed by atoms with Gasteiger partial charge in [0.15, 0.2) is 5.96 Å². The van der Waals surface area contributed by atoms with Crippen LogP contribution >= 0.6 is 24.0 Å². The Morgan fingerprint density at radius 2 is 2.04 bits per heavy atom. The van der Waals surface area contributed by atoms with Gasteiger partial charge in [0.05, 0.1) is 19.8 Å². The van der Waals surface area contributed by atoms with Crippen molar-refractivity contribution in [2.24, 2.45) is 10.9 Å². The Morgan fingerprint density at radius 1 is 1.29 bits per heavy atom. The Labute approximate surface area is 188 Å². The summed E-state index contributed by atoms with van der Waals surface area (Å²) in [7, 11) is 0. The third-order valence-electron chi connectivity index (χ3n) is 5.17. The van der Waals surface area contributed by atoms with Crippen LogP contribution in [0.5, 0.6) is 0 Å². The van der Waals surface area contributed by atoms with E-state index in [9.17, 15) is 0 Å². The summed E-state index contributed by atoms with van der Waals surface area (Å²) in [5.41, 5.74) is 1.24. The number of rotatable bonds is 10. The molecule has 0 aromatic heterocycles. The van der Waals surface area contributed by atoms with Gasteiger partial charge in [0.1, 0.15) is 0 Å². The molecule has 5 nitrogen and oxygen atoms in total. The highest BCUT2D eigenvalue weighted by Gasteiger charge is 2.25. The minimum atomic E-state index is 0. The zero-order valence-corrected chi connectivity index (χ0v) is 20.4. The highest BCUT2D eigenvalue weighted by atomic mass is 127. The average Bonchev–Trinajstić information content (AvgIpc) is 3.13. The fourth-order valence-electron chi connectivity index (χ4n) is 3.57. The zero-order chi connectivity index (χ0) is 19.5. The predicted molar refractivity (Wildman–Crippen MR) is 130 cm³/mol. The summed E-state index contributed by atoms with van der Waals surface area (Å²) in [4.78, 5) is 9.73. The van der Waals surface area contributed by atoms with Crippen LogP contribution in [0.15, 0.2) is 35.3 Å².